The summed E-state index contributed by atoms with van der Waals surface area (Å²) in [6, 6.07) is 7.62. The van der Waals surface area contributed by atoms with Crippen LogP contribution in [0.15, 0.2) is 36.5 Å². The molecule has 7 nitrogen and oxygen atoms in total. The zero-order chi connectivity index (χ0) is 14.5. The Balaban J connectivity index is 1.85. The summed E-state index contributed by atoms with van der Waals surface area (Å²) in [5, 5.41) is 18.0. The topological polar surface area (TPSA) is 96.2 Å². The van der Waals surface area contributed by atoms with Crippen LogP contribution in [0.3, 0.4) is 0 Å². The first-order valence-corrected chi connectivity index (χ1v) is 5.91. The van der Waals surface area contributed by atoms with Gasteiger partial charge < -0.3 is 10.4 Å². The number of urea groups is 1. The molecule has 2 aromatic rings. The molecule has 0 spiro atoms. The highest BCUT2D eigenvalue weighted by atomic mass is 16.4. The zero-order valence-corrected chi connectivity index (χ0v) is 10.8. The van der Waals surface area contributed by atoms with Crippen molar-refractivity contribution in [3.63, 3.8) is 0 Å². The van der Waals surface area contributed by atoms with Crippen LogP contribution in [-0.4, -0.2) is 26.9 Å². The van der Waals surface area contributed by atoms with Crippen molar-refractivity contribution in [2.45, 2.75) is 6.54 Å². The first-order valence-electron chi connectivity index (χ1n) is 5.91. The Kier molecular flexibility index (Phi) is 3.99. The van der Waals surface area contributed by atoms with E-state index in [1.165, 1.54) is 12.1 Å². The summed E-state index contributed by atoms with van der Waals surface area (Å²) in [5.74, 6) is -0.511. The Morgan fingerprint density at radius 1 is 1.25 bits per heavy atom. The van der Waals surface area contributed by atoms with Gasteiger partial charge >= 0.3 is 12.0 Å². The van der Waals surface area contributed by atoms with Crippen molar-refractivity contribution in [2.24, 2.45) is 7.05 Å². The maximum Gasteiger partial charge on any atom is 0.335 e. The first kappa shape index (κ1) is 13.6. The molecule has 0 aliphatic carbocycles. The van der Waals surface area contributed by atoms with E-state index in [1.54, 1.807) is 36.1 Å². The molecule has 0 atom stereocenters. The molecule has 7 heteroatoms. The van der Waals surface area contributed by atoms with E-state index < -0.39 is 5.97 Å². The average molecular weight is 274 g/mol. The second kappa shape index (κ2) is 5.87. The van der Waals surface area contributed by atoms with E-state index in [2.05, 4.69) is 15.7 Å². The highest BCUT2D eigenvalue weighted by molar-refractivity contribution is 5.88. The van der Waals surface area contributed by atoms with Crippen LogP contribution < -0.4 is 10.6 Å². The third-order valence-corrected chi connectivity index (χ3v) is 2.61. The van der Waals surface area contributed by atoms with Gasteiger partial charge in [-0.3, -0.25) is 10.00 Å². The molecule has 2 amide bonds. The van der Waals surface area contributed by atoms with Crippen molar-refractivity contribution in [1.29, 1.82) is 0 Å². The number of carboxylic acid groups (broad SMARTS) is 1. The molecule has 0 aliphatic rings. The van der Waals surface area contributed by atoms with E-state index in [9.17, 15) is 9.59 Å². The average Bonchev–Trinajstić information content (AvgIpc) is 2.82. The molecule has 104 valence electrons. The monoisotopic (exact) mass is 274 g/mol. The summed E-state index contributed by atoms with van der Waals surface area (Å²) < 4.78 is 1.58. The van der Waals surface area contributed by atoms with Crippen LogP contribution in [0.2, 0.25) is 0 Å². The summed E-state index contributed by atoms with van der Waals surface area (Å²) in [7, 11) is 1.76. The Morgan fingerprint density at radius 3 is 2.50 bits per heavy atom. The Labute approximate surface area is 115 Å². The van der Waals surface area contributed by atoms with Crippen molar-refractivity contribution >= 4 is 17.8 Å². The number of aromatic carboxylic acids is 1. The number of nitrogens with one attached hydrogen (secondary N) is 2. The molecule has 0 unspecified atom stereocenters. The van der Waals surface area contributed by atoms with Crippen molar-refractivity contribution < 1.29 is 14.7 Å². The number of aromatic nitrogens is 2. The van der Waals surface area contributed by atoms with E-state index in [0.717, 1.165) is 5.56 Å². The number of nitrogens with zero attached hydrogens (tertiary/aromatic N) is 2. The summed E-state index contributed by atoms with van der Waals surface area (Å²) in [6.45, 7) is 0.304. The third kappa shape index (κ3) is 3.58. The van der Waals surface area contributed by atoms with Gasteiger partial charge in [-0.25, -0.2) is 9.59 Å². The lowest BCUT2D eigenvalue weighted by atomic mass is 10.1. The molecule has 20 heavy (non-hydrogen) atoms. The number of aryl methyl sites for hydroxylation is 1. The minimum absolute atomic E-state index is 0.215. The minimum atomic E-state index is -0.975. The van der Waals surface area contributed by atoms with E-state index in [1.807, 2.05) is 0 Å². The van der Waals surface area contributed by atoms with Crippen LogP contribution in [0.5, 0.6) is 0 Å². The predicted molar refractivity (Wildman–Crippen MR) is 72.5 cm³/mol. The lowest BCUT2D eigenvalue weighted by molar-refractivity contribution is 0.0697. The van der Waals surface area contributed by atoms with E-state index in [0.29, 0.717) is 12.4 Å². The number of rotatable bonds is 4. The highest BCUT2D eigenvalue weighted by Gasteiger charge is 2.05. The number of hydrogen-bond acceptors (Lipinski definition) is 3. The molecule has 1 aromatic carbocycles. The Morgan fingerprint density at radius 2 is 1.95 bits per heavy atom. The zero-order valence-electron chi connectivity index (χ0n) is 10.8. The van der Waals surface area contributed by atoms with Gasteiger partial charge in [0.05, 0.1) is 5.56 Å². The van der Waals surface area contributed by atoms with E-state index >= 15 is 0 Å². The van der Waals surface area contributed by atoms with E-state index in [-0.39, 0.29) is 11.6 Å². The normalized spacial score (nSPS) is 10.1. The van der Waals surface area contributed by atoms with Crippen LogP contribution in [-0.2, 0) is 13.6 Å². The maximum atomic E-state index is 11.6. The van der Waals surface area contributed by atoms with Gasteiger partial charge in [0.2, 0.25) is 0 Å². The first-order chi connectivity index (χ1) is 9.54. The van der Waals surface area contributed by atoms with Crippen LogP contribution in [0.4, 0.5) is 10.6 Å². The molecule has 0 saturated heterocycles. The van der Waals surface area contributed by atoms with Gasteiger partial charge in [0.15, 0.2) is 5.82 Å². The fourth-order valence-corrected chi connectivity index (χ4v) is 1.59. The van der Waals surface area contributed by atoms with Crippen LogP contribution in [0.1, 0.15) is 15.9 Å². The number of carbonyl (C=O) groups excluding carboxylic acids is 1. The summed E-state index contributed by atoms with van der Waals surface area (Å²) >= 11 is 0. The molecule has 3 N–H and O–H groups in total. The number of carboxylic acids is 1. The molecular weight excluding hydrogens is 260 g/mol. The van der Waals surface area contributed by atoms with Crippen molar-refractivity contribution in [1.82, 2.24) is 15.1 Å². The van der Waals surface area contributed by atoms with Crippen LogP contribution in [0, 0.1) is 0 Å². The SMILES string of the molecule is Cn1ccc(NC(=O)NCc2ccc(C(=O)O)cc2)n1. The molecular formula is C13H14N4O3. The quantitative estimate of drug-likeness (QED) is 0.786. The fraction of sp³-hybridized carbons (Fsp3) is 0.154. The molecule has 0 fully saturated rings. The number of carbonyl (C=O) groups is 2. The van der Waals surface area contributed by atoms with E-state index in [4.69, 9.17) is 5.11 Å². The predicted octanol–water partition coefficient (Wildman–Crippen LogP) is 1.44. The lowest BCUT2D eigenvalue weighted by Crippen LogP contribution is -2.28. The fourth-order valence-electron chi connectivity index (χ4n) is 1.59. The number of benzene rings is 1. The second-order valence-electron chi connectivity index (χ2n) is 4.18. The maximum absolute atomic E-state index is 11.6. The van der Waals surface area contributed by atoms with Gasteiger partial charge in [-0.1, -0.05) is 12.1 Å². The third-order valence-electron chi connectivity index (χ3n) is 2.61. The second-order valence-corrected chi connectivity index (χ2v) is 4.18. The highest BCUT2D eigenvalue weighted by Crippen LogP contribution is 2.05. The van der Waals surface area contributed by atoms with Gasteiger partial charge in [-0.2, -0.15) is 5.10 Å². The minimum Gasteiger partial charge on any atom is -0.478 e. The van der Waals surface area contributed by atoms with Gasteiger partial charge in [-0.15, -0.1) is 0 Å². The Bertz CT molecular complexity index is 619. The Hall–Kier alpha value is -2.83. The molecule has 0 bridgehead atoms. The molecule has 0 saturated carbocycles. The molecule has 0 radical (unpaired) electrons. The van der Waals surface area contributed by atoms with Gasteiger partial charge in [-0.05, 0) is 17.7 Å². The molecule has 1 aromatic heterocycles. The van der Waals surface area contributed by atoms with Crippen molar-refractivity contribution in [2.75, 3.05) is 5.32 Å². The van der Waals surface area contributed by atoms with Crippen LogP contribution in [0.25, 0.3) is 0 Å². The smallest absolute Gasteiger partial charge is 0.335 e. The molecule has 1 heterocycles. The van der Waals surface area contributed by atoms with Crippen molar-refractivity contribution in [3.8, 4) is 0 Å². The lowest BCUT2D eigenvalue weighted by Gasteiger charge is -2.06. The summed E-state index contributed by atoms with van der Waals surface area (Å²) in [4.78, 5) is 22.3. The molecule has 0 aliphatic heterocycles. The summed E-state index contributed by atoms with van der Waals surface area (Å²) in [5.41, 5.74) is 1.03. The van der Waals surface area contributed by atoms with Gasteiger partial charge in [0, 0.05) is 25.9 Å². The van der Waals surface area contributed by atoms with Gasteiger partial charge in [0.25, 0.3) is 0 Å². The number of hydrogen-bond donors (Lipinski definition) is 3. The standard InChI is InChI=1S/C13H14N4O3/c1-17-7-6-11(16-17)15-13(20)14-8-9-2-4-10(5-3-9)12(18)19/h2-7H,8H2,1H3,(H,18,19)(H2,14,15,16,20). The number of anilines is 1. The molecule has 2 rings (SSSR count). The van der Waals surface area contributed by atoms with Gasteiger partial charge in [0.1, 0.15) is 0 Å². The van der Waals surface area contributed by atoms with Crippen molar-refractivity contribution in [3.05, 3.63) is 47.7 Å². The van der Waals surface area contributed by atoms with Crippen LogP contribution >= 0.6 is 0 Å². The summed E-state index contributed by atoms with van der Waals surface area (Å²) in [6.07, 6.45) is 1.72. The largest absolute Gasteiger partial charge is 0.478 e. The number of amides is 2.